The standard InChI is InChI=1S/C20H23N5O3S/c1-6-28-19(27)15-11(2)16(22-12(15)3)17(26)13(4)29-20-24-23-18(25(20)5)14-7-9-21-10-8-14/h7-10,13,22H,6H2,1-5H3/t13-/m0/s1. The van der Waals surface area contributed by atoms with Crippen LogP contribution in [0.2, 0.25) is 0 Å². The van der Waals surface area contributed by atoms with Crippen LogP contribution in [0.25, 0.3) is 11.4 Å². The van der Waals surface area contributed by atoms with Crippen LogP contribution in [0.4, 0.5) is 0 Å². The summed E-state index contributed by atoms with van der Waals surface area (Å²) in [6.07, 6.45) is 3.39. The number of hydrogen-bond acceptors (Lipinski definition) is 7. The molecule has 3 heterocycles. The summed E-state index contributed by atoms with van der Waals surface area (Å²) >= 11 is 1.32. The molecule has 3 aromatic heterocycles. The van der Waals surface area contributed by atoms with Crippen molar-refractivity contribution in [3.63, 3.8) is 0 Å². The minimum absolute atomic E-state index is 0.111. The van der Waals surface area contributed by atoms with Crippen molar-refractivity contribution < 1.29 is 14.3 Å². The number of nitrogens with one attached hydrogen (secondary N) is 1. The number of H-pyrrole nitrogens is 1. The van der Waals surface area contributed by atoms with Crippen molar-refractivity contribution in [1.29, 1.82) is 0 Å². The van der Waals surface area contributed by atoms with Gasteiger partial charge in [-0.2, -0.15) is 0 Å². The van der Waals surface area contributed by atoms with Crippen LogP contribution in [0.5, 0.6) is 0 Å². The largest absolute Gasteiger partial charge is 0.462 e. The third kappa shape index (κ3) is 4.09. The third-order valence-corrected chi connectivity index (χ3v) is 5.72. The number of esters is 1. The summed E-state index contributed by atoms with van der Waals surface area (Å²) in [6.45, 7) is 7.36. The number of ketones is 1. The van der Waals surface area contributed by atoms with E-state index < -0.39 is 11.2 Å². The number of carbonyl (C=O) groups is 2. The Morgan fingerprint density at radius 3 is 2.59 bits per heavy atom. The second-order valence-corrected chi connectivity index (χ2v) is 7.88. The van der Waals surface area contributed by atoms with Crippen LogP contribution < -0.4 is 0 Å². The van der Waals surface area contributed by atoms with Gasteiger partial charge in [0, 0.05) is 30.7 Å². The van der Waals surface area contributed by atoms with Gasteiger partial charge < -0.3 is 14.3 Å². The topological polar surface area (TPSA) is 103 Å². The first-order valence-electron chi connectivity index (χ1n) is 9.22. The fraction of sp³-hybridized carbons (Fsp3) is 0.350. The van der Waals surface area contributed by atoms with Crippen molar-refractivity contribution in [1.82, 2.24) is 24.7 Å². The summed E-state index contributed by atoms with van der Waals surface area (Å²) in [4.78, 5) is 32.3. The molecule has 0 aliphatic rings. The number of ether oxygens (including phenoxy) is 1. The van der Waals surface area contributed by atoms with Gasteiger partial charge in [-0.05, 0) is 45.4 Å². The Kier molecular flexibility index (Phi) is 6.17. The zero-order chi connectivity index (χ0) is 21.1. The van der Waals surface area contributed by atoms with E-state index >= 15 is 0 Å². The van der Waals surface area contributed by atoms with Crippen molar-refractivity contribution in [2.75, 3.05) is 6.61 Å². The molecule has 3 aromatic rings. The van der Waals surface area contributed by atoms with Crippen LogP contribution >= 0.6 is 11.8 Å². The zero-order valence-corrected chi connectivity index (χ0v) is 17.8. The van der Waals surface area contributed by atoms with E-state index in [1.165, 1.54) is 11.8 Å². The van der Waals surface area contributed by atoms with Gasteiger partial charge in [0.2, 0.25) is 0 Å². The van der Waals surface area contributed by atoms with Crippen LogP contribution in [0.15, 0.2) is 29.7 Å². The lowest BCUT2D eigenvalue weighted by molar-refractivity contribution is 0.0525. The number of rotatable bonds is 7. The van der Waals surface area contributed by atoms with Crippen LogP contribution in [0.3, 0.4) is 0 Å². The highest BCUT2D eigenvalue weighted by atomic mass is 32.2. The molecule has 0 radical (unpaired) electrons. The molecule has 0 aromatic carbocycles. The second-order valence-electron chi connectivity index (χ2n) is 6.57. The number of Topliss-reactive ketones (excluding diaryl/α,β-unsaturated/α-hetero) is 1. The molecule has 9 heteroatoms. The van der Waals surface area contributed by atoms with Gasteiger partial charge in [-0.1, -0.05) is 11.8 Å². The number of pyridine rings is 1. The molecule has 1 atom stereocenters. The molecule has 0 aliphatic carbocycles. The van der Waals surface area contributed by atoms with E-state index in [0.29, 0.717) is 33.5 Å². The van der Waals surface area contributed by atoms with Crippen LogP contribution in [-0.2, 0) is 11.8 Å². The van der Waals surface area contributed by atoms with Gasteiger partial charge in [0.25, 0.3) is 0 Å². The lowest BCUT2D eigenvalue weighted by atomic mass is 10.1. The molecule has 0 saturated heterocycles. The molecule has 0 aliphatic heterocycles. The molecule has 0 amide bonds. The van der Waals surface area contributed by atoms with E-state index in [2.05, 4.69) is 20.2 Å². The molecule has 8 nitrogen and oxygen atoms in total. The van der Waals surface area contributed by atoms with Crippen molar-refractivity contribution in [2.24, 2.45) is 7.05 Å². The lowest BCUT2D eigenvalue weighted by Gasteiger charge is -2.10. The Morgan fingerprint density at radius 2 is 1.93 bits per heavy atom. The number of carbonyl (C=O) groups excluding carboxylic acids is 2. The Balaban J connectivity index is 1.81. The molecule has 0 bridgehead atoms. The molecule has 1 N–H and O–H groups in total. The number of aromatic nitrogens is 5. The van der Waals surface area contributed by atoms with E-state index in [-0.39, 0.29) is 12.4 Å². The van der Waals surface area contributed by atoms with Crippen molar-refractivity contribution in [3.05, 3.63) is 47.0 Å². The molecule has 0 spiro atoms. The first-order chi connectivity index (χ1) is 13.8. The second kappa shape index (κ2) is 8.60. The Bertz CT molecular complexity index is 1040. The molecule has 152 valence electrons. The summed E-state index contributed by atoms with van der Waals surface area (Å²) in [6, 6.07) is 3.71. The molecular weight excluding hydrogens is 390 g/mol. The lowest BCUT2D eigenvalue weighted by Crippen LogP contribution is -2.16. The van der Waals surface area contributed by atoms with Gasteiger partial charge in [0.05, 0.1) is 23.1 Å². The Morgan fingerprint density at radius 1 is 1.24 bits per heavy atom. The maximum atomic E-state index is 13.0. The molecule has 0 fully saturated rings. The van der Waals surface area contributed by atoms with E-state index in [4.69, 9.17) is 4.74 Å². The van der Waals surface area contributed by atoms with E-state index in [1.807, 2.05) is 30.7 Å². The van der Waals surface area contributed by atoms with E-state index in [0.717, 1.165) is 5.56 Å². The maximum absolute atomic E-state index is 13.0. The first kappa shape index (κ1) is 20.8. The van der Waals surface area contributed by atoms with Gasteiger partial charge >= 0.3 is 5.97 Å². The van der Waals surface area contributed by atoms with Crippen molar-refractivity contribution >= 4 is 23.5 Å². The number of thioether (sulfide) groups is 1. The normalized spacial score (nSPS) is 12.0. The third-order valence-electron chi connectivity index (χ3n) is 4.59. The highest BCUT2D eigenvalue weighted by Crippen LogP contribution is 2.29. The first-order valence-corrected chi connectivity index (χ1v) is 10.1. The minimum Gasteiger partial charge on any atom is -0.462 e. The van der Waals surface area contributed by atoms with Crippen LogP contribution in [0, 0.1) is 13.8 Å². The minimum atomic E-state index is -0.423. The summed E-state index contributed by atoms with van der Waals surface area (Å²) in [5, 5.41) is 8.67. The highest BCUT2D eigenvalue weighted by molar-refractivity contribution is 8.00. The average molecular weight is 414 g/mol. The molecular formula is C20H23N5O3S. The predicted molar refractivity (Wildman–Crippen MR) is 110 cm³/mol. The van der Waals surface area contributed by atoms with Gasteiger partial charge in [0.1, 0.15) is 0 Å². The average Bonchev–Trinajstić information content (AvgIpc) is 3.21. The number of nitrogens with zero attached hydrogens (tertiary/aromatic N) is 4. The van der Waals surface area contributed by atoms with Crippen LogP contribution in [0.1, 0.15) is 46.0 Å². The quantitative estimate of drug-likeness (QED) is 0.360. The predicted octanol–water partition coefficient (Wildman–Crippen LogP) is 3.36. The number of aromatic amines is 1. The van der Waals surface area contributed by atoms with Gasteiger partial charge in [0.15, 0.2) is 16.8 Å². The van der Waals surface area contributed by atoms with Crippen molar-refractivity contribution in [3.8, 4) is 11.4 Å². The van der Waals surface area contributed by atoms with Gasteiger partial charge in [-0.15, -0.1) is 10.2 Å². The number of aryl methyl sites for hydroxylation is 1. The highest BCUT2D eigenvalue weighted by Gasteiger charge is 2.27. The maximum Gasteiger partial charge on any atom is 0.340 e. The van der Waals surface area contributed by atoms with Gasteiger partial charge in [-0.25, -0.2) is 4.79 Å². The smallest absolute Gasteiger partial charge is 0.340 e. The monoisotopic (exact) mass is 413 g/mol. The number of hydrogen-bond donors (Lipinski definition) is 1. The summed E-state index contributed by atoms with van der Waals surface area (Å²) in [5.74, 6) is 0.166. The van der Waals surface area contributed by atoms with E-state index in [9.17, 15) is 9.59 Å². The Hall–Kier alpha value is -2.94. The zero-order valence-electron chi connectivity index (χ0n) is 17.0. The summed E-state index contributed by atoms with van der Waals surface area (Å²) in [5.41, 5.74) is 2.97. The fourth-order valence-corrected chi connectivity index (χ4v) is 3.96. The fourth-order valence-electron chi connectivity index (χ4n) is 3.09. The SMILES string of the molecule is CCOC(=O)c1c(C)[nH]c(C(=O)[C@H](C)Sc2nnc(-c3ccncc3)n2C)c1C. The van der Waals surface area contributed by atoms with E-state index in [1.54, 1.807) is 33.2 Å². The molecule has 0 saturated carbocycles. The van der Waals surface area contributed by atoms with Crippen LogP contribution in [-0.4, -0.2) is 48.3 Å². The molecule has 0 unspecified atom stereocenters. The molecule has 29 heavy (non-hydrogen) atoms. The summed E-state index contributed by atoms with van der Waals surface area (Å²) < 4.78 is 6.95. The summed E-state index contributed by atoms with van der Waals surface area (Å²) in [7, 11) is 1.86. The Labute approximate surface area is 173 Å². The van der Waals surface area contributed by atoms with Crippen molar-refractivity contribution in [2.45, 2.75) is 38.1 Å². The van der Waals surface area contributed by atoms with Gasteiger partial charge in [-0.3, -0.25) is 9.78 Å². The molecule has 3 rings (SSSR count).